The van der Waals surface area contributed by atoms with E-state index >= 15 is 0 Å². The first kappa shape index (κ1) is 13.5. The number of rotatable bonds is 4. The number of carbonyl (C=O) groups is 1. The average molecular weight is 265 g/mol. The van der Waals surface area contributed by atoms with E-state index in [1.54, 1.807) is 0 Å². The van der Waals surface area contributed by atoms with E-state index in [9.17, 15) is 22.0 Å². The third-order valence-electron chi connectivity index (χ3n) is 1.95. The fourth-order valence-electron chi connectivity index (χ4n) is 1.12. The number of carboxylic acid groups (broad SMARTS) is 1. The summed E-state index contributed by atoms with van der Waals surface area (Å²) in [4.78, 5) is 9.64. The van der Waals surface area contributed by atoms with Crippen LogP contribution in [0.15, 0.2) is 23.1 Å². The first-order chi connectivity index (χ1) is 7.74. The van der Waals surface area contributed by atoms with Gasteiger partial charge < -0.3 is 10.8 Å². The molecule has 0 heterocycles. The van der Waals surface area contributed by atoms with Crippen molar-refractivity contribution < 1.29 is 27.1 Å². The molecule has 0 bridgehead atoms. The van der Waals surface area contributed by atoms with Crippen molar-refractivity contribution in [2.45, 2.75) is 10.9 Å². The number of sulfone groups is 1. The molecule has 0 radical (unpaired) electrons. The highest BCUT2D eigenvalue weighted by Crippen LogP contribution is 2.17. The molecule has 1 atom stereocenters. The minimum Gasteiger partial charge on any atom is -0.480 e. The molecule has 1 aromatic carbocycles. The molecule has 94 valence electrons. The van der Waals surface area contributed by atoms with Gasteiger partial charge in [0.2, 0.25) is 0 Å². The second-order valence-electron chi connectivity index (χ2n) is 3.30. The maximum Gasteiger partial charge on any atom is 0.321 e. The summed E-state index contributed by atoms with van der Waals surface area (Å²) in [6.07, 6.45) is 0. The van der Waals surface area contributed by atoms with Crippen LogP contribution >= 0.6 is 0 Å². The molecule has 1 unspecified atom stereocenters. The fourth-order valence-corrected chi connectivity index (χ4v) is 2.55. The Hall–Kier alpha value is -1.54. The normalized spacial score (nSPS) is 13.4. The third-order valence-corrected chi connectivity index (χ3v) is 3.74. The van der Waals surface area contributed by atoms with E-state index in [4.69, 9.17) is 10.8 Å². The van der Waals surface area contributed by atoms with E-state index in [1.807, 2.05) is 0 Å². The van der Waals surface area contributed by atoms with Crippen molar-refractivity contribution in [3.05, 3.63) is 29.8 Å². The Labute approximate surface area is 95.8 Å². The topological polar surface area (TPSA) is 97.5 Å². The van der Waals surface area contributed by atoms with Crippen LogP contribution in [0.1, 0.15) is 0 Å². The summed E-state index contributed by atoms with van der Waals surface area (Å²) >= 11 is 0. The highest BCUT2D eigenvalue weighted by molar-refractivity contribution is 7.91. The largest absolute Gasteiger partial charge is 0.480 e. The van der Waals surface area contributed by atoms with Crippen molar-refractivity contribution in [1.29, 1.82) is 0 Å². The van der Waals surface area contributed by atoms with Gasteiger partial charge in [0.15, 0.2) is 9.84 Å². The Kier molecular flexibility index (Phi) is 3.79. The molecule has 0 amide bonds. The molecule has 8 heteroatoms. The number of carboxylic acids is 1. The van der Waals surface area contributed by atoms with Gasteiger partial charge in [0, 0.05) is 6.07 Å². The van der Waals surface area contributed by atoms with E-state index < -0.39 is 44.1 Å². The molecular weight excluding hydrogens is 256 g/mol. The molecule has 0 fully saturated rings. The second kappa shape index (κ2) is 4.76. The predicted octanol–water partition coefficient (Wildman–Crippen LogP) is 0.150. The van der Waals surface area contributed by atoms with Crippen LogP contribution < -0.4 is 5.73 Å². The minimum atomic E-state index is -4.20. The monoisotopic (exact) mass is 265 g/mol. The Morgan fingerprint density at radius 1 is 1.41 bits per heavy atom. The molecule has 0 aliphatic heterocycles. The molecule has 17 heavy (non-hydrogen) atoms. The maximum absolute atomic E-state index is 13.2. The van der Waals surface area contributed by atoms with Gasteiger partial charge in [-0.05, 0) is 12.1 Å². The first-order valence-corrected chi connectivity index (χ1v) is 6.05. The Morgan fingerprint density at radius 3 is 2.47 bits per heavy atom. The van der Waals surface area contributed by atoms with Crippen molar-refractivity contribution in [1.82, 2.24) is 0 Å². The van der Waals surface area contributed by atoms with E-state index in [-0.39, 0.29) is 0 Å². The van der Waals surface area contributed by atoms with E-state index in [2.05, 4.69) is 0 Å². The van der Waals surface area contributed by atoms with Crippen molar-refractivity contribution >= 4 is 15.8 Å². The minimum absolute atomic E-state index is 0.402. The molecule has 0 spiro atoms. The number of halogens is 2. The Bertz CT molecular complexity index is 544. The molecule has 0 saturated carbocycles. The number of hydrogen-bond acceptors (Lipinski definition) is 4. The summed E-state index contributed by atoms with van der Waals surface area (Å²) < 4.78 is 48.9. The van der Waals surface area contributed by atoms with Gasteiger partial charge in [-0.15, -0.1) is 0 Å². The summed E-state index contributed by atoms with van der Waals surface area (Å²) in [5.74, 6) is -4.67. The van der Waals surface area contributed by atoms with E-state index in [0.29, 0.717) is 6.07 Å². The summed E-state index contributed by atoms with van der Waals surface area (Å²) in [7, 11) is -4.20. The second-order valence-corrected chi connectivity index (χ2v) is 5.30. The highest BCUT2D eigenvalue weighted by atomic mass is 32.2. The summed E-state index contributed by atoms with van der Waals surface area (Å²) in [5, 5.41) is 8.46. The van der Waals surface area contributed by atoms with Crippen molar-refractivity contribution in [3.63, 3.8) is 0 Å². The lowest BCUT2D eigenvalue weighted by Gasteiger charge is -2.08. The number of aliphatic carboxylic acids is 1. The van der Waals surface area contributed by atoms with Gasteiger partial charge in [0.25, 0.3) is 0 Å². The zero-order valence-corrected chi connectivity index (χ0v) is 9.25. The summed E-state index contributed by atoms with van der Waals surface area (Å²) in [6, 6.07) is 0.236. The highest BCUT2D eigenvalue weighted by Gasteiger charge is 2.26. The average Bonchev–Trinajstić information content (AvgIpc) is 2.15. The van der Waals surface area contributed by atoms with Crippen LogP contribution in [0.2, 0.25) is 0 Å². The van der Waals surface area contributed by atoms with Crippen molar-refractivity contribution in [2.75, 3.05) is 5.75 Å². The third kappa shape index (κ3) is 3.21. The molecule has 3 N–H and O–H groups in total. The molecule has 0 aliphatic rings. The quantitative estimate of drug-likeness (QED) is 0.755. The van der Waals surface area contributed by atoms with Crippen LogP contribution in [0.5, 0.6) is 0 Å². The van der Waals surface area contributed by atoms with Crippen LogP contribution in [-0.4, -0.2) is 31.3 Å². The molecule has 1 aromatic rings. The van der Waals surface area contributed by atoms with Crippen molar-refractivity contribution in [3.8, 4) is 0 Å². The van der Waals surface area contributed by atoms with Gasteiger partial charge in [-0.25, -0.2) is 17.2 Å². The predicted molar refractivity (Wildman–Crippen MR) is 54.0 cm³/mol. The maximum atomic E-state index is 13.2. The molecular formula is C9H9F2NO4S. The SMILES string of the molecule is NC(CS(=O)(=O)c1ccc(F)cc1F)C(=O)O. The zero-order valence-electron chi connectivity index (χ0n) is 8.43. The molecule has 0 saturated heterocycles. The lowest BCUT2D eigenvalue weighted by Crippen LogP contribution is -2.37. The molecule has 5 nitrogen and oxygen atoms in total. The van der Waals surface area contributed by atoms with Crippen LogP contribution in [0.3, 0.4) is 0 Å². The van der Waals surface area contributed by atoms with Gasteiger partial charge in [-0.3, -0.25) is 4.79 Å². The molecule has 0 aromatic heterocycles. The van der Waals surface area contributed by atoms with E-state index in [1.165, 1.54) is 0 Å². The first-order valence-electron chi connectivity index (χ1n) is 4.40. The van der Waals surface area contributed by atoms with Crippen LogP contribution in [0.25, 0.3) is 0 Å². The Balaban J connectivity index is 3.10. The molecule has 1 rings (SSSR count). The van der Waals surface area contributed by atoms with Crippen LogP contribution in [0.4, 0.5) is 8.78 Å². The van der Waals surface area contributed by atoms with E-state index in [0.717, 1.165) is 12.1 Å². The molecule has 0 aliphatic carbocycles. The van der Waals surface area contributed by atoms with Gasteiger partial charge in [-0.1, -0.05) is 0 Å². The lowest BCUT2D eigenvalue weighted by atomic mass is 10.3. The van der Waals surface area contributed by atoms with Gasteiger partial charge in [0.05, 0.1) is 5.75 Å². The van der Waals surface area contributed by atoms with Gasteiger partial charge in [0.1, 0.15) is 22.6 Å². The Morgan fingerprint density at radius 2 is 2.00 bits per heavy atom. The van der Waals surface area contributed by atoms with Crippen LogP contribution in [-0.2, 0) is 14.6 Å². The van der Waals surface area contributed by atoms with Gasteiger partial charge >= 0.3 is 5.97 Å². The standard InChI is InChI=1S/C9H9F2NO4S/c10-5-1-2-8(6(11)3-5)17(15,16)4-7(12)9(13)14/h1-3,7H,4,12H2,(H,13,14). The smallest absolute Gasteiger partial charge is 0.321 e. The van der Waals surface area contributed by atoms with Crippen molar-refractivity contribution in [2.24, 2.45) is 5.73 Å². The summed E-state index contributed by atoms with van der Waals surface area (Å²) in [5.41, 5.74) is 5.04. The van der Waals surface area contributed by atoms with Crippen LogP contribution in [0, 0.1) is 11.6 Å². The zero-order chi connectivity index (χ0) is 13.2. The number of benzene rings is 1. The lowest BCUT2D eigenvalue weighted by molar-refractivity contribution is -0.137. The number of hydrogen-bond donors (Lipinski definition) is 2. The fraction of sp³-hybridized carbons (Fsp3) is 0.222. The van der Waals surface area contributed by atoms with Gasteiger partial charge in [-0.2, -0.15) is 0 Å². The number of nitrogens with two attached hydrogens (primary N) is 1. The summed E-state index contributed by atoms with van der Waals surface area (Å²) in [6.45, 7) is 0.